The zero-order valence-electron chi connectivity index (χ0n) is 11.5. The number of nitrogens with two attached hydrogens (primary N) is 1. The van der Waals surface area contributed by atoms with E-state index >= 15 is 0 Å². The van der Waals surface area contributed by atoms with Crippen LogP contribution in [0.15, 0.2) is 15.7 Å². The van der Waals surface area contributed by atoms with Crippen molar-refractivity contribution in [1.82, 2.24) is 9.55 Å². The van der Waals surface area contributed by atoms with Gasteiger partial charge in [0.1, 0.15) is 4.83 Å². The second kappa shape index (κ2) is 6.83. The van der Waals surface area contributed by atoms with Crippen LogP contribution in [0.2, 0.25) is 0 Å². The lowest BCUT2D eigenvalue weighted by Gasteiger charge is -2.05. The Balaban J connectivity index is 2.31. The van der Waals surface area contributed by atoms with E-state index in [1.165, 1.54) is 15.9 Å². The van der Waals surface area contributed by atoms with Crippen LogP contribution in [0.4, 0.5) is 0 Å². The summed E-state index contributed by atoms with van der Waals surface area (Å²) in [4.78, 5) is 28.8. The fraction of sp³-hybridized carbons (Fsp3) is 0.538. The summed E-state index contributed by atoms with van der Waals surface area (Å²) in [5, 5.41) is 0.580. The molecule has 0 aromatic carbocycles. The fourth-order valence-electron chi connectivity index (χ4n) is 2.01. The average Bonchev–Trinajstić information content (AvgIpc) is 2.81. The van der Waals surface area contributed by atoms with Gasteiger partial charge in [0.25, 0.3) is 5.56 Å². The first-order chi connectivity index (χ1) is 9.67. The molecule has 0 unspecified atom stereocenters. The van der Waals surface area contributed by atoms with E-state index in [4.69, 9.17) is 10.5 Å². The molecular weight excluding hydrogens is 278 g/mol. The molecule has 20 heavy (non-hydrogen) atoms. The molecule has 0 amide bonds. The number of rotatable bonds is 7. The van der Waals surface area contributed by atoms with Gasteiger partial charge in [0, 0.05) is 11.4 Å². The predicted octanol–water partition coefficient (Wildman–Crippen LogP) is 0.679. The molecule has 0 aliphatic heterocycles. The van der Waals surface area contributed by atoms with Gasteiger partial charge < -0.3 is 10.5 Å². The Labute approximate surface area is 120 Å². The molecule has 7 heteroatoms. The minimum Gasteiger partial charge on any atom is -0.378 e. The summed E-state index contributed by atoms with van der Waals surface area (Å²) in [5.74, 6) is 0. The summed E-state index contributed by atoms with van der Waals surface area (Å²) in [6.45, 7) is 3.48. The first kappa shape index (κ1) is 15.0. The molecule has 2 rings (SSSR count). The predicted molar refractivity (Wildman–Crippen MR) is 80.6 cm³/mol. The van der Waals surface area contributed by atoms with Gasteiger partial charge in [0.2, 0.25) is 0 Å². The number of thiophene rings is 1. The van der Waals surface area contributed by atoms with Crippen molar-refractivity contribution in [2.24, 2.45) is 5.73 Å². The molecule has 6 nitrogen and oxygen atoms in total. The van der Waals surface area contributed by atoms with Crippen molar-refractivity contribution < 1.29 is 4.74 Å². The van der Waals surface area contributed by atoms with Gasteiger partial charge in [-0.2, -0.15) is 0 Å². The van der Waals surface area contributed by atoms with Crippen molar-refractivity contribution in [3.05, 3.63) is 31.8 Å². The molecule has 0 saturated carbocycles. The topological polar surface area (TPSA) is 90.1 Å². The maximum atomic E-state index is 12.3. The van der Waals surface area contributed by atoms with Crippen molar-refractivity contribution in [2.45, 2.75) is 26.3 Å². The Morgan fingerprint density at radius 3 is 2.90 bits per heavy atom. The second-order valence-electron chi connectivity index (χ2n) is 4.49. The number of hydrogen-bond acceptors (Lipinski definition) is 5. The number of aromatic amines is 1. The summed E-state index contributed by atoms with van der Waals surface area (Å²) in [7, 11) is 0. The molecule has 0 atom stereocenters. The molecule has 2 aromatic heterocycles. The molecule has 110 valence electrons. The smallest absolute Gasteiger partial charge is 0.329 e. The number of nitrogens with one attached hydrogen (secondary N) is 1. The summed E-state index contributed by atoms with van der Waals surface area (Å²) in [6, 6.07) is 1.87. The minimum atomic E-state index is -0.385. The third-order valence-electron chi connectivity index (χ3n) is 2.94. The van der Waals surface area contributed by atoms with Gasteiger partial charge in [-0.1, -0.05) is 13.3 Å². The summed E-state index contributed by atoms with van der Waals surface area (Å²) < 4.78 is 6.40. The average molecular weight is 297 g/mol. The SMILES string of the molecule is CCCc1cc2c(=O)n(CCOCCN)c(=O)[nH]c2s1. The van der Waals surface area contributed by atoms with Crippen LogP contribution in [0.1, 0.15) is 18.2 Å². The molecule has 0 aliphatic carbocycles. The summed E-state index contributed by atoms with van der Waals surface area (Å²) in [6.07, 6.45) is 1.93. The third kappa shape index (κ3) is 3.17. The van der Waals surface area contributed by atoms with Gasteiger partial charge in [-0.3, -0.25) is 14.3 Å². The van der Waals surface area contributed by atoms with E-state index in [9.17, 15) is 9.59 Å². The molecule has 0 spiro atoms. The lowest BCUT2D eigenvalue weighted by molar-refractivity contribution is 0.132. The van der Waals surface area contributed by atoms with Crippen molar-refractivity contribution in [1.29, 1.82) is 0 Å². The minimum absolute atomic E-state index is 0.239. The highest BCUT2D eigenvalue weighted by atomic mass is 32.1. The van der Waals surface area contributed by atoms with Crippen LogP contribution < -0.4 is 17.0 Å². The van der Waals surface area contributed by atoms with E-state index in [1.807, 2.05) is 6.07 Å². The third-order valence-corrected chi connectivity index (χ3v) is 4.05. The van der Waals surface area contributed by atoms with Crippen molar-refractivity contribution in [3.8, 4) is 0 Å². The molecule has 0 aliphatic rings. The van der Waals surface area contributed by atoms with Crippen LogP contribution in [0.5, 0.6) is 0 Å². The highest BCUT2D eigenvalue weighted by Gasteiger charge is 2.10. The zero-order valence-corrected chi connectivity index (χ0v) is 12.3. The standard InChI is InChI=1S/C13H19N3O3S/c1-2-3-9-8-10-11(20-9)15-13(18)16(12(10)17)5-7-19-6-4-14/h8H,2-7,14H2,1H3,(H,15,18). The van der Waals surface area contributed by atoms with Gasteiger partial charge in [0.15, 0.2) is 0 Å². The van der Waals surface area contributed by atoms with Crippen molar-refractivity contribution in [3.63, 3.8) is 0 Å². The largest absolute Gasteiger partial charge is 0.378 e. The Hall–Kier alpha value is -1.44. The van der Waals surface area contributed by atoms with Crippen molar-refractivity contribution in [2.75, 3.05) is 19.8 Å². The van der Waals surface area contributed by atoms with Crippen LogP contribution in [-0.4, -0.2) is 29.3 Å². The van der Waals surface area contributed by atoms with E-state index in [0.29, 0.717) is 30.0 Å². The van der Waals surface area contributed by atoms with Crippen LogP contribution in [0.3, 0.4) is 0 Å². The number of fused-ring (bicyclic) bond motifs is 1. The molecule has 3 N–H and O–H groups in total. The Kier molecular flexibility index (Phi) is 5.11. The number of H-pyrrole nitrogens is 1. The molecule has 0 bridgehead atoms. The van der Waals surface area contributed by atoms with Gasteiger partial charge in [-0.25, -0.2) is 4.79 Å². The molecule has 0 saturated heterocycles. The quantitative estimate of drug-likeness (QED) is 0.735. The number of nitrogens with zero attached hydrogens (tertiary/aromatic N) is 1. The summed E-state index contributed by atoms with van der Waals surface area (Å²) >= 11 is 1.47. The number of aromatic nitrogens is 2. The normalized spacial score (nSPS) is 11.3. The Morgan fingerprint density at radius 2 is 2.20 bits per heavy atom. The molecule has 0 fully saturated rings. The van der Waals surface area contributed by atoms with Crippen LogP contribution in [0.25, 0.3) is 10.2 Å². The number of ether oxygens (including phenoxy) is 1. The van der Waals surface area contributed by atoms with Crippen molar-refractivity contribution >= 4 is 21.6 Å². The fourth-order valence-corrected chi connectivity index (χ4v) is 3.15. The number of aryl methyl sites for hydroxylation is 1. The van der Waals surface area contributed by atoms with E-state index in [2.05, 4.69) is 11.9 Å². The van der Waals surface area contributed by atoms with E-state index in [0.717, 1.165) is 17.7 Å². The summed E-state index contributed by atoms with van der Waals surface area (Å²) in [5.41, 5.74) is 4.68. The first-order valence-corrected chi connectivity index (χ1v) is 7.52. The second-order valence-corrected chi connectivity index (χ2v) is 5.63. The maximum Gasteiger partial charge on any atom is 0.329 e. The molecular formula is C13H19N3O3S. The highest BCUT2D eigenvalue weighted by Crippen LogP contribution is 2.21. The lowest BCUT2D eigenvalue weighted by atomic mass is 10.2. The van der Waals surface area contributed by atoms with E-state index in [-0.39, 0.29) is 17.8 Å². The highest BCUT2D eigenvalue weighted by molar-refractivity contribution is 7.18. The van der Waals surface area contributed by atoms with Crippen LogP contribution >= 0.6 is 11.3 Å². The van der Waals surface area contributed by atoms with E-state index < -0.39 is 0 Å². The maximum absolute atomic E-state index is 12.3. The van der Waals surface area contributed by atoms with Gasteiger partial charge in [-0.05, 0) is 12.5 Å². The molecule has 2 aromatic rings. The van der Waals surface area contributed by atoms with Gasteiger partial charge >= 0.3 is 5.69 Å². The zero-order chi connectivity index (χ0) is 14.5. The Bertz CT molecular complexity index is 686. The van der Waals surface area contributed by atoms with Crippen LogP contribution in [0, 0.1) is 0 Å². The van der Waals surface area contributed by atoms with Gasteiger partial charge in [0.05, 0.1) is 25.1 Å². The Morgan fingerprint density at radius 1 is 1.40 bits per heavy atom. The first-order valence-electron chi connectivity index (χ1n) is 6.70. The van der Waals surface area contributed by atoms with E-state index in [1.54, 1.807) is 0 Å². The molecule has 0 radical (unpaired) electrons. The lowest BCUT2D eigenvalue weighted by Crippen LogP contribution is -2.36. The van der Waals surface area contributed by atoms with Crippen LogP contribution in [-0.2, 0) is 17.7 Å². The molecule has 2 heterocycles. The monoisotopic (exact) mass is 297 g/mol. The van der Waals surface area contributed by atoms with Gasteiger partial charge in [-0.15, -0.1) is 11.3 Å². The number of hydrogen-bond donors (Lipinski definition) is 2.